The molecular weight excluding hydrogens is 168 g/mol. The van der Waals surface area contributed by atoms with Crippen molar-refractivity contribution in [1.82, 2.24) is 9.55 Å². The van der Waals surface area contributed by atoms with E-state index in [2.05, 4.69) is 11.9 Å². The van der Waals surface area contributed by atoms with Crippen molar-refractivity contribution >= 4 is 0 Å². The summed E-state index contributed by atoms with van der Waals surface area (Å²) in [5.41, 5.74) is -0.0703. The van der Waals surface area contributed by atoms with E-state index in [0.29, 0.717) is 13.2 Å². The van der Waals surface area contributed by atoms with Crippen molar-refractivity contribution in [2.45, 2.75) is 26.3 Å². The number of nitrogens with zero attached hydrogens (tertiary/aromatic N) is 1. The van der Waals surface area contributed by atoms with Crippen LogP contribution >= 0.6 is 0 Å². The van der Waals surface area contributed by atoms with E-state index in [-0.39, 0.29) is 5.69 Å². The predicted molar refractivity (Wildman–Crippen MR) is 50.8 cm³/mol. The van der Waals surface area contributed by atoms with Gasteiger partial charge in [0.15, 0.2) is 0 Å². The zero-order valence-electron chi connectivity index (χ0n) is 7.95. The molecule has 1 rings (SSSR count). The molecule has 13 heavy (non-hydrogen) atoms. The van der Waals surface area contributed by atoms with E-state index in [9.17, 15) is 4.79 Å². The highest BCUT2D eigenvalue weighted by Gasteiger charge is 1.94. The van der Waals surface area contributed by atoms with Crippen LogP contribution in [0.2, 0.25) is 0 Å². The van der Waals surface area contributed by atoms with E-state index < -0.39 is 0 Å². The molecule has 0 aliphatic heterocycles. The average Bonchev–Trinajstić information content (AvgIpc) is 2.52. The summed E-state index contributed by atoms with van der Waals surface area (Å²) in [5.74, 6) is 0. The van der Waals surface area contributed by atoms with Gasteiger partial charge in [-0.1, -0.05) is 13.3 Å². The summed E-state index contributed by atoms with van der Waals surface area (Å²) in [6.07, 6.45) is 5.59. The molecule has 0 aliphatic rings. The quantitative estimate of drug-likeness (QED) is 0.670. The molecule has 0 saturated carbocycles. The summed E-state index contributed by atoms with van der Waals surface area (Å²) in [4.78, 5) is 13.6. The topological polar surface area (TPSA) is 47.0 Å². The van der Waals surface area contributed by atoms with E-state index in [1.165, 1.54) is 0 Å². The lowest BCUT2D eigenvalue weighted by molar-refractivity contribution is 0.123. The molecule has 1 N–H and O–H groups in total. The Bertz CT molecular complexity index is 277. The summed E-state index contributed by atoms with van der Waals surface area (Å²) in [6, 6.07) is 0. The summed E-state index contributed by atoms with van der Waals surface area (Å²) in [7, 11) is 0. The van der Waals surface area contributed by atoms with E-state index in [1.807, 2.05) is 0 Å². The zero-order chi connectivity index (χ0) is 9.52. The Morgan fingerprint density at radius 1 is 1.54 bits per heavy atom. The van der Waals surface area contributed by atoms with Gasteiger partial charge in [-0.05, 0) is 6.42 Å². The van der Waals surface area contributed by atoms with Gasteiger partial charge >= 0.3 is 5.69 Å². The SMILES string of the molecule is CCCCOCCn1cc[nH]c1=O. The molecule has 0 amide bonds. The average molecular weight is 184 g/mol. The van der Waals surface area contributed by atoms with E-state index >= 15 is 0 Å². The van der Waals surface area contributed by atoms with E-state index in [1.54, 1.807) is 17.0 Å². The predicted octanol–water partition coefficient (Wildman–Crippen LogP) is 0.993. The smallest absolute Gasteiger partial charge is 0.325 e. The molecule has 0 unspecified atom stereocenters. The van der Waals surface area contributed by atoms with Crippen molar-refractivity contribution < 1.29 is 4.74 Å². The minimum absolute atomic E-state index is 0.0703. The maximum atomic E-state index is 11.0. The highest BCUT2D eigenvalue weighted by Crippen LogP contribution is 1.88. The van der Waals surface area contributed by atoms with Crippen LogP contribution in [0.15, 0.2) is 17.2 Å². The van der Waals surface area contributed by atoms with Crippen LogP contribution in [0.4, 0.5) is 0 Å². The van der Waals surface area contributed by atoms with Crippen molar-refractivity contribution in [3.05, 3.63) is 22.9 Å². The number of ether oxygens (including phenoxy) is 1. The largest absolute Gasteiger partial charge is 0.380 e. The Hall–Kier alpha value is -1.03. The molecule has 0 aromatic carbocycles. The van der Waals surface area contributed by atoms with Crippen LogP contribution in [0, 0.1) is 0 Å². The van der Waals surface area contributed by atoms with Crippen molar-refractivity contribution in [2.24, 2.45) is 0 Å². The van der Waals surface area contributed by atoms with E-state index in [4.69, 9.17) is 4.74 Å². The Balaban J connectivity index is 2.13. The molecule has 1 aromatic heterocycles. The zero-order valence-corrected chi connectivity index (χ0v) is 7.95. The summed E-state index contributed by atoms with van der Waals surface area (Å²) in [6.45, 7) is 4.15. The lowest BCUT2D eigenvalue weighted by atomic mass is 10.4. The van der Waals surface area contributed by atoms with Crippen LogP contribution in [-0.4, -0.2) is 22.8 Å². The van der Waals surface area contributed by atoms with Crippen molar-refractivity contribution in [2.75, 3.05) is 13.2 Å². The first-order chi connectivity index (χ1) is 6.34. The Morgan fingerprint density at radius 3 is 3.00 bits per heavy atom. The standard InChI is InChI=1S/C9H16N2O2/c1-2-3-7-13-8-6-11-5-4-10-9(11)12/h4-5H,2-3,6-8H2,1H3,(H,10,12). The van der Waals surface area contributed by atoms with Crippen molar-refractivity contribution in [1.29, 1.82) is 0 Å². The second-order valence-electron chi connectivity index (χ2n) is 2.92. The number of rotatable bonds is 6. The highest BCUT2D eigenvalue weighted by atomic mass is 16.5. The molecular formula is C9H16N2O2. The van der Waals surface area contributed by atoms with E-state index in [0.717, 1.165) is 19.4 Å². The van der Waals surface area contributed by atoms with Gasteiger partial charge in [0, 0.05) is 19.0 Å². The third kappa shape index (κ3) is 3.46. The fraction of sp³-hybridized carbons (Fsp3) is 0.667. The molecule has 0 spiro atoms. The van der Waals surface area contributed by atoms with Crippen LogP contribution in [0.3, 0.4) is 0 Å². The number of aromatic nitrogens is 2. The minimum atomic E-state index is -0.0703. The number of hydrogen-bond donors (Lipinski definition) is 1. The first-order valence-corrected chi connectivity index (χ1v) is 4.66. The summed E-state index contributed by atoms with van der Waals surface area (Å²) < 4.78 is 6.93. The van der Waals surface area contributed by atoms with Gasteiger partial charge in [0.1, 0.15) is 0 Å². The van der Waals surface area contributed by atoms with Crippen LogP contribution < -0.4 is 5.69 Å². The molecule has 74 valence electrons. The van der Waals surface area contributed by atoms with Gasteiger partial charge in [-0.25, -0.2) is 4.79 Å². The number of nitrogens with one attached hydrogen (secondary N) is 1. The molecule has 0 fully saturated rings. The van der Waals surface area contributed by atoms with Gasteiger partial charge in [0.05, 0.1) is 13.2 Å². The van der Waals surface area contributed by atoms with Crippen molar-refractivity contribution in [3.8, 4) is 0 Å². The molecule has 0 radical (unpaired) electrons. The third-order valence-electron chi connectivity index (χ3n) is 1.84. The molecule has 0 saturated heterocycles. The third-order valence-corrected chi connectivity index (χ3v) is 1.84. The van der Waals surface area contributed by atoms with Gasteiger partial charge in [-0.3, -0.25) is 4.57 Å². The summed E-state index contributed by atoms with van der Waals surface area (Å²) in [5, 5.41) is 0. The Kier molecular flexibility index (Phi) is 4.32. The number of hydrogen-bond acceptors (Lipinski definition) is 2. The monoisotopic (exact) mass is 184 g/mol. The van der Waals surface area contributed by atoms with Gasteiger partial charge in [-0.15, -0.1) is 0 Å². The van der Waals surface area contributed by atoms with Crippen LogP contribution in [0.1, 0.15) is 19.8 Å². The van der Waals surface area contributed by atoms with Gasteiger partial charge < -0.3 is 9.72 Å². The molecule has 0 bridgehead atoms. The number of H-pyrrole nitrogens is 1. The molecule has 1 aromatic rings. The first-order valence-electron chi connectivity index (χ1n) is 4.66. The fourth-order valence-corrected chi connectivity index (χ4v) is 1.04. The number of aromatic amines is 1. The second-order valence-corrected chi connectivity index (χ2v) is 2.92. The molecule has 4 heteroatoms. The fourth-order valence-electron chi connectivity index (χ4n) is 1.04. The number of unbranched alkanes of at least 4 members (excludes halogenated alkanes) is 1. The molecule has 4 nitrogen and oxygen atoms in total. The molecule has 1 heterocycles. The lowest BCUT2D eigenvalue weighted by Crippen LogP contribution is -2.19. The Morgan fingerprint density at radius 2 is 2.38 bits per heavy atom. The van der Waals surface area contributed by atoms with Crippen LogP contribution in [0.5, 0.6) is 0 Å². The number of imidazole rings is 1. The van der Waals surface area contributed by atoms with Crippen LogP contribution in [-0.2, 0) is 11.3 Å². The molecule has 0 atom stereocenters. The first kappa shape index (κ1) is 10.1. The molecule has 0 aliphatic carbocycles. The normalized spacial score (nSPS) is 10.5. The minimum Gasteiger partial charge on any atom is -0.380 e. The highest BCUT2D eigenvalue weighted by molar-refractivity contribution is 4.75. The maximum absolute atomic E-state index is 11.0. The second kappa shape index (κ2) is 5.59. The van der Waals surface area contributed by atoms with Gasteiger partial charge in [0.2, 0.25) is 0 Å². The van der Waals surface area contributed by atoms with Crippen LogP contribution in [0.25, 0.3) is 0 Å². The Labute approximate surface area is 77.5 Å². The van der Waals surface area contributed by atoms with Crippen molar-refractivity contribution in [3.63, 3.8) is 0 Å². The van der Waals surface area contributed by atoms with Gasteiger partial charge in [0.25, 0.3) is 0 Å². The lowest BCUT2D eigenvalue weighted by Gasteiger charge is -2.02. The van der Waals surface area contributed by atoms with Gasteiger partial charge in [-0.2, -0.15) is 0 Å². The maximum Gasteiger partial charge on any atom is 0.325 e. The summed E-state index contributed by atoms with van der Waals surface area (Å²) >= 11 is 0.